The van der Waals surface area contributed by atoms with Crippen LogP contribution in [-0.2, 0) is 9.59 Å². The number of nitrogens with zero attached hydrogens (tertiary/aromatic N) is 1. The van der Waals surface area contributed by atoms with E-state index in [-0.39, 0.29) is 12.3 Å². The monoisotopic (exact) mass is 285 g/mol. The molecule has 2 aliphatic rings. The lowest BCUT2D eigenvalue weighted by molar-refractivity contribution is -0.136. The smallest absolute Gasteiger partial charge is 0.307 e. The molecule has 1 amide bonds. The second-order valence-electron chi connectivity index (χ2n) is 5.32. The van der Waals surface area contributed by atoms with Crippen LogP contribution in [0.2, 0.25) is 0 Å². The van der Waals surface area contributed by atoms with Crippen LogP contribution in [0.15, 0.2) is 58.9 Å². The number of rotatable bonds is 3. The molecular formula is C17H19NO3. The molecule has 110 valence electrons. The topological polar surface area (TPSA) is 57.6 Å². The van der Waals surface area contributed by atoms with E-state index in [1.165, 1.54) is 0 Å². The van der Waals surface area contributed by atoms with Gasteiger partial charge in [-0.1, -0.05) is 30.4 Å². The van der Waals surface area contributed by atoms with E-state index in [0.29, 0.717) is 35.4 Å². The molecule has 0 fully saturated rings. The Morgan fingerprint density at radius 1 is 1.38 bits per heavy atom. The van der Waals surface area contributed by atoms with Gasteiger partial charge in [-0.3, -0.25) is 9.59 Å². The van der Waals surface area contributed by atoms with Gasteiger partial charge >= 0.3 is 5.97 Å². The largest absolute Gasteiger partial charge is 0.481 e. The van der Waals surface area contributed by atoms with Gasteiger partial charge in [-0.15, -0.1) is 0 Å². The summed E-state index contributed by atoms with van der Waals surface area (Å²) in [6.07, 6.45) is 8.36. The predicted octanol–water partition coefficient (Wildman–Crippen LogP) is 2.97. The zero-order valence-electron chi connectivity index (χ0n) is 12.3. The van der Waals surface area contributed by atoms with Gasteiger partial charge in [-0.05, 0) is 37.5 Å². The number of amides is 1. The molecule has 0 atom stereocenters. The van der Waals surface area contributed by atoms with E-state index in [1.807, 2.05) is 31.2 Å². The maximum absolute atomic E-state index is 12.6. The van der Waals surface area contributed by atoms with Crippen LogP contribution in [0, 0.1) is 0 Å². The van der Waals surface area contributed by atoms with Crippen molar-refractivity contribution in [2.24, 2.45) is 0 Å². The third-order valence-corrected chi connectivity index (χ3v) is 3.68. The summed E-state index contributed by atoms with van der Waals surface area (Å²) in [5, 5.41) is 8.95. The zero-order valence-corrected chi connectivity index (χ0v) is 12.3. The average Bonchev–Trinajstić information content (AvgIpc) is 2.60. The van der Waals surface area contributed by atoms with E-state index in [1.54, 1.807) is 11.8 Å². The van der Waals surface area contributed by atoms with Crippen LogP contribution in [0.25, 0.3) is 0 Å². The van der Waals surface area contributed by atoms with Crippen LogP contribution < -0.4 is 0 Å². The van der Waals surface area contributed by atoms with Crippen molar-refractivity contribution in [1.29, 1.82) is 0 Å². The van der Waals surface area contributed by atoms with E-state index < -0.39 is 5.97 Å². The Kier molecular flexibility index (Phi) is 4.26. The first-order valence-electron chi connectivity index (χ1n) is 6.86. The first-order chi connectivity index (χ1) is 9.90. The Morgan fingerprint density at radius 2 is 2.10 bits per heavy atom. The number of allylic oxidation sites excluding steroid dienone is 5. The van der Waals surface area contributed by atoms with Crippen molar-refractivity contribution < 1.29 is 14.7 Å². The molecule has 2 rings (SSSR count). The Morgan fingerprint density at radius 3 is 2.76 bits per heavy atom. The van der Waals surface area contributed by atoms with E-state index in [4.69, 9.17) is 5.11 Å². The summed E-state index contributed by atoms with van der Waals surface area (Å²) in [6.45, 7) is 7.98. The van der Waals surface area contributed by atoms with Crippen molar-refractivity contribution >= 4 is 11.9 Å². The number of hydrogen-bond acceptors (Lipinski definition) is 2. The molecule has 1 N–H and O–H groups in total. The van der Waals surface area contributed by atoms with Crippen LogP contribution in [0.3, 0.4) is 0 Å². The van der Waals surface area contributed by atoms with Crippen LogP contribution in [0.4, 0.5) is 0 Å². The van der Waals surface area contributed by atoms with Crippen molar-refractivity contribution in [3.8, 4) is 0 Å². The summed E-state index contributed by atoms with van der Waals surface area (Å²) >= 11 is 0. The molecule has 0 unspecified atom stereocenters. The Hall–Kier alpha value is -2.36. The highest BCUT2D eigenvalue weighted by molar-refractivity contribution is 5.98. The van der Waals surface area contributed by atoms with Gasteiger partial charge in [0, 0.05) is 11.3 Å². The third kappa shape index (κ3) is 3.21. The summed E-state index contributed by atoms with van der Waals surface area (Å²) in [4.78, 5) is 25.2. The number of aliphatic carboxylic acids is 1. The van der Waals surface area contributed by atoms with Gasteiger partial charge in [0.05, 0.1) is 13.0 Å². The molecule has 4 nitrogen and oxygen atoms in total. The summed E-state index contributed by atoms with van der Waals surface area (Å²) in [6, 6.07) is 0. The van der Waals surface area contributed by atoms with E-state index in [9.17, 15) is 9.59 Å². The number of hydrogen-bond donors (Lipinski definition) is 1. The lowest BCUT2D eigenvalue weighted by atomic mass is 10.1. The molecule has 4 heteroatoms. The van der Waals surface area contributed by atoms with Crippen LogP contribution in [0.5, 0.6) is 0 Å². The average molecular weight is 285 g/mol. The second kappa shape index (κ2) is 5.95. The highest BCUT2D eigenvalue weighted by Gasteiger charge is 2.29. The maximum Gasteiger partial charge on any atom is 0.307 e. The van der Waals surface area contributed by atoms with Gasteiger partial charge in [0.25, 0.3) is 5.91 Å². The third-order valence-electron chi connectivity index (χ3n) is 3.68. The Labute approximate surface area is 124 Å². The highest BCUT2D eigenvalue weighted by atomic mass is 16.4. The summed E-state index contributed by atoms with van der Waals surface area (Å²) in [5.41, 5.74) is 3.72. The molecule has 1 aliphatic heterocycles. The van der Waals surface area contributed by atoms with Gasteiger partial charge in [-0.25, -0.2) is 0 Å². The van der Waals surface area contributed by atoms with Crippen molar-refractivity contribution in [1.82, 2.24) is 4.90 Å². The highest BCUT2D eigenvalue weighted by Crippen LogP contribution is 2.30. The molecule has 0 aromatic heterocycles. The normalized spacial score (nSPS) is 18.6. The lowest BCUT2D eigenvalue weighted by Crippen LogP contribution is -2.28. The van der Waals surface area contributed by atoms with Crippen LogP contribution in [0.1, 0.15) is 26.7 Å². The maximum atomic E-state index is 12.6. The summed E-state index contributed by atoms with van der Waals surface area (Å²) in [7, 11) is 0. The Bertz CT molecular complexity index is 632. The van der Waals surface area contributed by atoms with Gasteiger partial charge < -0.3 is 10.0 Å². The standard InChI is InChI=1S/C17H19NO3/c1-11-6-4-5-7-14(8-11)17(21)18-10-12(2)15(13(18)3)9-16(19)20/h4,6-8H,2,5,9-10H2,1,3H3,(H,19,20). The SMILES string of the molecule is C=C1CN(C(=O)C2=CCC=CC(C)=C2)C(C)=C1CC(=O)O. The first kappa shape index (κ1) is 15.0. The number of carboxylic acids is 1. The van der Waals surface area contributed by atoms with Gasteiger partial charge in [-0.2, -0.15) is 0 Å². The lowest BCUT2D eigenvalue weighted by Gasteiger charge is -2.18. The molecule has 0 spiro atoms. The van der Waals surface area contributed by atoms with Gasteiger partial charge in [0.15, 0.2) is 0 Å². The van der Waals surface area contributed by atoms with Crippen LogP contribution in [-0.4, -0.2) is 28.4 Å². The quantitative estimate of drug-likeness (QED) is 0.867. The van der Waals surface area contributed by atoms with Crippen molar-refractivity contribution in [3.63, 3.8) is 0 Å². The molecule has 21 heavy (non-hydrogen) atoms. The summed E-state index contributed by atoms with van der Waals surface area (Å²) in [5.74, 6) is -1.01. The minimum absolute atomic E-state index is 0.0933. The first-order valence-corrected chi connectivity index (χ1v) is 6.86. The number of carbonyl (C=O) groups is 2. The number of carbonyl (C=O) groups excluding carboxylic acids is 1. The molecule has 0 radical (unpaired) electrons. The molecule has 0 saturated heterocycles. The Balaban J connectivity index is 2.27. The van der Waals surface area contributed by atoms with Gasteiger partial charge in [0.1, 0.15) is 0 Å². The second-order valence-corrected chi connectivity index (χ2v) is 5.32. The minimum atomic E-state index is -0.909. The summed E-state index contributed by atoms with van der Waals surface area (Å²) < 4.78 is 0. The molecule has 0 aromatic carbocycles. The predicted molar refractivity (Wildman–Crippen MR) is 81.4 cm³/mol. The molecule has 1 heterocycles. The fraction of sp³-hybridized carbons (Fsp3) is 0.294. The van der Waals surface area contributed by atoms with Crippen molar-refractivity contribution in [2.75, 3.05) is 6.54 Å². The van der Waals surface area contributed by atoms with E-state index in [0.717, 1.165) is 5.57 Å². The zero-order chi connectivity index (χ0) is 15.6. The molecule has 1 aliphatic carbocycles. The molecule has 0 saturated carbocycles. The van der Waals surface area contributed by atoms with Crippen molar-refractivity contribution in [3.05, 3.63) is 58.9 Å². The van der Waals surface area contributed by atoms with E-state index in [2.05, 4.69) is 6.58 Å². The number of carboxylic acid groups (broad SMARTS) is 1. The fourth-order valence-electron chi connectivity index (χ4n) is 2.56. The van der Waals surface area contributed by atoms with E-state index >= 15 is 0 Å². The molecule has 0 aromatic rings. The van der Waals surface area contributed by atoms with Crippen LogP contribution >= 0.6 is 0 Å². The fourth-order valence-corrected chi connectivity index (χ4v) is 2.56. The van der Waals surface area contributed by atoms with Crippen molar-refractivity contribution in [2.45, 2.75) is 26.7 Å². The molecule has 0 bridgehead atoms. The van der Waals surface area contributed by atoms with Gasteiger partial charge in [0.2, 0.25) is 0 Å². The minimum Gasteiger partial charge on any atom is -0.481 e. The molecular weight excluding hydrogens is 266 g/mol.